The van der Waals surface area contributed by atoms with Crippen molar-refractivity contribution in [3.63, 3.8) is 0 Å². The average molecular weight is 239 g/mol. The van der Waals surface area contributed by atoms with Gasteiger partial charge in [-0.1, -0.05) is 6.92 Å². The van der Waals surface area contributed by atoms with Crippen molar-refractivity contribution in [3.05, 3.63) is 24.0 Å². The lowest BCUT2D eigenvalue weighted by atomic mass is 9.91. The summed E-state index contributed by atoms with van der Waals surface area (Å²) in [6, 6.07) is 1.71. The summed E-state index contributed by atoms with van der Waals surface area (Å²) in [6.45, 7) is 7.27. The molecule has 0 bridgehead atoms. The van der Waals surface area contributed by atoms with E-state index in [0.717, 1.165) is 0 Å². The number of ether oxygens (including phenoxy) is 1. The molecule has 2 N–H and O–H groups in total. The third-order valence-electron chi connectivity index (χ3n) is 2.73. The molecular formula is C13H21NO3. The Hall–Kier alpha value is -1.13. The zero-order chi connectivity index (χ0) is 13.1. The minimum atomic E-state index is -1.15. The molecule has 17 heavy (non-hydrogen) atoms. The lowest BCUT2D eigenvalue weighted by Crippen LogP contribution is -2.31. The van der Waals surface area contributed by atoms with Gasteiger partial charge in [-0.3, -0.25) is 4.98 Å². The highest BCUT2D eigenvalue weighted by Gasteiger charge is 2.30. The van der Waals surface area contributed by atoms with E-state index < -0.39 is 11.7 Å². The molecule has 1 aromatic rings. The first-order valence-electron chi connectivity index (χ1n) is 5.89. The van der Waals surface area contributed by atoms with Crippen LogP contribution in [-0.2, 0) is 0 Å². The van der Waals surface area contributed by atoms with E-state index in [-0.39, 0.29) is 6.10 Å². The fraction of sp³-hybridized carbons (Fsp3) is 0.615. The maximum atomic E-state index is 10.1. The van der Waals surface area contributed by atoms with Crippen LogP contribution in [0.2, 0.25) is 0 Å². The Kier molecular flexibility index (Phi) is 4.48. The van der Waals surface area contributed by atoms with Crippen molar-refractivity contribution < 1.29 is 14.9 Å². The van der Waals surface area contributed by atoms with Crippen LogP contribution in [0.3, 0.4) is 0 Å². The second kappa shape index (κ2) is 5.47. The van der Waals surface area contributed by atoms with E-state index in [2.05, 4.69) is 4.98 Å². The number of aliphatic hydroxyl groups excluding tert-OH is 1. The smallest absolute Gasteiger partial charge is 0.138 e. The van der Waals surface area contributed by atoms with Crippen LogP contribution in [0.5, 0.6) is 5.75 Å². The number of hydrogen-bond acceptors (Lipinski definition) is 4. The van der Waals surface area contributed by atoms with Gasteiger partial charge in [0.1, 0.15) is 11.9 Å². The van der Waals surface area contributed by atoms with Crippen LogP contribution in [-0.4, -0.2) is 26.9 Å². The molecule has 2 unspecified atom stereocenters. The molecule has 1 heterocycles. The average Bonchev–Trinajstić information content (AvgIpc) is 2.27. The van der Waals surface area contributed by atoms with Crippen LogP contribution < -0.4 is 4.74 Å². The quantitative estimate of drug-likeness (QED) is 0.825. The van der Waals surface area contributed by atoms with Gasteiger partial charge in [-0.15, -0.1) is 0 Å². The molecule has 0 fully saturated rings. The van der Waals surface area contributed by atoms with Crippen LogP contribution in [0.15, 0.2) is 18.5 Å². The number of aliphatic hydroxyl groups is 2. The summed E-state index contributed by atoms with van der Waals surface area (Å²) in [5.41, 5.74) is -0.590. The van der Waals surface area contributed by atoms with Gasteiger partial charge in [0, 0.05) is 11.8 Å². The van der Waals surface area contributed by atoms with Crippen LogP contribution in [0.1, 0.15) is 45.8 Å². The van der Waals surface area contributed by atoms with Gasteiger partial charge in [-0.25, -0.2) is 0 Å². The highest BCUT2D eigenvalue weighted by molar-refractivity contribution is 5.26. The number of rotatable bonds is 5. The molecule has 0 radical (unpaired) electrons. The third-order valence-corrected chi connectivity index (χ3v) is 2.73. The monoisotopic (exact) mass is 239 g/mol. The Labute approximate surface area is 102 Å². The Morgan fingerprint density at radius 3 is 2.59 bits per heavy atom. The van der Waals surface area contributed by atoms with E-state index in [1.807, 2.05) is 20.8 Å². The SMILES string of the molecule is CCC(C)(O)C(O)c1cncc(OC(C)C)c1. The van der Waals surface area contributed by atoms with E-state index in [1.54, 1.807) is 25.4 Å². The number of pyridine rings is 1. The number of aromatic nitrogens is 1. The van der Waals surface area contributed by atoms with E-state index in [4.69, 9.17) is 4.74 Å². The van der Waals surface area contributed by atoms with E-state index in [1.165, 1.54) is 0 Å². The lowest BCUT2D eigenvalue weighted by Gasteiger charge is -2.28. The van der Waals surface area contributed by atoms with Gasteiger partial charge in [0.25, 0.3) is 0 Å². The molecule has 0 aliphatic rings. The normalized spacial score (nSPS) is 16.6. The molecule has 0 saturated carbocycles. The van der Waals surface area contributed by atoms with Crippen molar-refractivity contribution in [1.29, 1.82) is 0 Å². The van der Waals surface area contributed by atoms with Crippen molar-refractivity contribution in [2.75, 3.05) is 0 Å². The second-order valence-corrected chi connectivity index (χ2v) is 4.73. The van der Waals surface area contributed by atoms with Gasteiger partial charge >= 0.3 is 0 Å². The highest BCUT2D eigenvalue weighted by Crippen LogP contribution is 2.29. The third kappa shape index (κ3) is 3.68. The Bertz CT molecular complexity index is 363. The van der Waals surface area contributed by atoms with E-state index in [0.29, 0.717) is 17.7 Å². The topological polar surface area (TPSA) is 62.6 Å². The van der Waals surface area contributed by atoms with Crippen LogP contribution in [0, 0.1) is 0 Å². The zero-order valence-electron chi connectivity index (χ0n) is 10.8. The molecule has 1 rings (SSSR count). The van der Waals surface area contributed by atoms with E-state index in [9.17, 15) is 10.2 Å². The van der Waals surface area contributed by atoms with Gasteiger partial charge in [0.2, 0.25) is 0 Å². The van der Waals surface area contributed by atoms with Crippen molar-refractivity contribution >= 4 is 0 Å². The van der Waals surface area contributed by atoms with Gasteiger partial charge in [-0.2, -0.15) is 0 Å². The van der Waals surface area contributed by atoms with Crippen LogP contribution in [0.25, 0.3) is 0 Å². The lowest BCUT2D eigenvalue weighted by molar-refractivity contribution is -0.0661. The summed E-state index contributed by atoms with van der Waals surface area (Å²) in [4.78, 5) is 4.01. The van der Waals surface area contributed by atoms with Crippen molar-refractivity contribution in [2.24, 2.45) is 0 Å². The molecule has 0 aliphatic carbocycles. The van der Waals surface area contributed by atoms with Crippen LogP contribution >= 0.6 is 0 Å². The highest BCUT2D eigenvalue weighted by atomic mass is 16.5. The van der Waals surface area contributed by atoms with Gasteiger partial charge in [-0.05, 0) is 33.3 Å². The predicted molar refractivity (Wildman–Crippen MR) is 65.9 cm³/mol. The molecule has 96 valence electrons. The van der Waals surface area contributed by atoms with Crippen molar-refractivity contribution in [1.82, 2.24) is 4.98 Å². The molecule has 4 heteroatoms. The molecule has 4 nitrogen and oxygen atoms in total. The Morgan fingerprint density at radius 2 is 2.06 bits per heavy atom. The van der Waals surface area contributed by atoms with E-state index >= 15 is 0 Å². The Balaban J connectivity index is 2.91. The first kappa shape index (κ1) is 13.9. The number of hydrogen-bond donors (Lipinski definition) is 2. The summed E-state index contributed by atoms with van der Waals surface area (Å²) in [5.74, 6) is 0.600. The molecule has 0 saturated heterocycles. The predicted octanol–water partition coefficient (Wildman–Crippen LogP) is 2.06. The van der Waals surface area contributed by atoms with Gasteiger partial charge < -0.3 is 14.9 Å². The first-order chi connectivity index (χ1) is 7.86. The minimum Gasteiger partial charge on any atom is -0.489 e. The van der Waals surface area contributed by atoms with Gasteiger partial charge in [0.15, 0.2) is 0 Å². The summed E-state index contributed by atoms with van der Waals surface area (Å²) >= 11 is 0. The fourth-order valence-electron chi connectivity index (χ4n) is 1.47. The van der Waals surface area contributed by atoms with Gasteiger partial charge in [0.05, 0.1) is 17.9 Å². The summed E-state index contributed by atoms with van der Waals surface area (Å²) in [7, 11) is 0. The summed E-state index contributed by atoms with van der Waals surface area (Å²) < 4.78 is 5.50. The molecule has 1 aromatic heterocycles. The molecular weight excluding hydrogens is 218 g/mol. The largest absolute Gasteiger partial charge is 0.489 e. The van der Waals surface area contributed by atoms with Crippen molar-refractivity contribution in [3.8, 4) is 5.75 Å². The maximum Gasteiger partial charge on any atom is 0.138 e. The summed E-state index contributed by atoms with van der Waals surface area (Å²) in [5, 5.41) is 20.1. The first-order valence-corrected chi connectivity index (χ1v) is 5.89. The number of nitrogens with zero attached hydrogens (tertiary/aromatic N) is 1. The molecule has 2 atom stereocenters. The molecule has 0 aromatic carbocycles. The van der Waals surface area contributed by atoms with Crippen molar-refractivity contribution in [2.45, 2.75) is 51.9 Å². The second-order valence-electron chi connectivity index (χ2n) is 4.73. The molecule has 0 amide bonds. The Morgan fingerprint density at radius 1 is 1.41 bits per heavy atom. The zero-order valence-corrected chi connectivity index (χ0v) is 10.8. The minimum absolute atomic E-state index is 0.0517. The molecule has 0 spiro atoms. The standard InChI is InChI=1S/C13H21NO3/c1-5-13(4,16)12(15)10-6-11(8-14-7-10)17-9(2)3/h6-9,12,15-16H,5H2,1-4H3. The fourth-order valence-corrected chi connectivity index (χ4v) is 1.47. The summed E-state index contributed by atoms with van der Waals surface area (Å²) in [6.07, 6.45) is 2.69. The van der Waals surface area contributed by atoms with Crippen LogP contribution in [0.4, 0.5) is 0 Å². The maximum absolute atomic E-state index is 10.1. The molecule has 0 aliphatic heterocycles.